The highest BCUT2D eigenvalue weighted by atomic mass is 16.6. The third-order valence-corrected chi connectivity index (χ3v) is 2.33. The molecule has 2 atom stereocenters. The van der Waals surface area contributed by atoms with Crippen LogP contribution in [0.1, 0.15) is 18.4 Å². The van der Waals surface area contributed by atoms with Gasteiger partial charge in [0.15, 0.2) is 0 Å². The van der Waals surface area contributed by atoms with Crippen molar-refractivity contribution in [3.05, 3.63) is 29.8 Å². The zero-order valence-electron chi connectivity index (χ0n) is 8.34. The number of para-hydroxylation sites is 1. The maximum absolute atomic E-state index is 11.6. The van der Waals surface area contributed by atoms with E-state index in [-0.39, 0.29) is 0 Å². The van der Waals surface area contributed by atoms with Gasteiger partial charge in [-0.2, -0.15) is 0 Å². The van der Waals surface area contributed by atoms with E-state index in [2.05, 4.69) is 0 Å². The van der Waals surface area contributed by atoms with Crippen LogP contribution in [0.4, 0.5) is 0 Å². The Morgan fingerprint density at radius 1 is 1.53 bits per heavy atom. The Balaban J connectivity index is 2.29. The average Bonchev–Trinajstić information content (AvgIpc) is 2.54. The summed E-state index contributed by atoms with van der Waals surface area (Å²) in [4.78, 5) is 11.6. The average molecular weight is 208 g/mol. The topological polar surface area (TPSA) is 55.8 Å². The molecule has 1 N–H and O–H groups in total. The monoisotopic (exact) mass is 208 g/mol. The predicted molar refractivity (Wildman–Crippen MR) is 52.5 cm³/mol. The van der Waals surface area contributed by atoms with Crippen LogP contribution in [0.3, 0.4) is 0 Å². The Hall–Kier alpha value is -1.55. The highest BCUT2D eigenvalue weighted by Crippen LogP contribution is 2.37. The number of carbonyl (C=O) groups is 1. The molecule has 0 saturated carbocycles. The van der Waals surface area contributed by atoms with Crippen molar-refractivity contribution >= 4 is 5.97 Å². The van der Waals surface area contributed by atoms with E-state index in [9.17, 15) is 9.90 Å². The van der Waals surface area contributed by atoms with Crippen LogP contribution in [-0.2, 0) is 9.53 Å². The first-order valence-corrected chi connectivity index (χ1v) is 4.84. The van der Waals surface area contributed by atoms with Gasteiger partial charge >= 0.3 is 5.97 Å². The Morgan fingerprint density at radius 3 is 3.00 bits per heavy atom. The first-order chi connectivity index (χ1) is 7.24. The molecule has 2 unspecified atom stereocenters. The van der Waals surface area contributed by atoms with Gasteiger partial charge in [0.25, 0.3) is 0 Å². The number of rotatable bonds is 2. The fourth-order valence-electron chi connectivity index (χ4n) is 1.67. The van der Waals surface area contributed by atoms with Gasteiger partial charge in [0, 0.05) is 5.56 Å². The van der Waals surface area contributed by atoms with Crippen molar-refractivity contribution in [3.8, 4) is 5.75 Å². The third-order valence-electron chi connectivity index (χ3n) is 2.33. The van der Waals surface area contributed by atoms with Gasteiger partial charge in [0.2, 0.25) is 6.29 Å². The van der Waals surface area contributed by atoms with Crippen LogP contribution in [0.2, 0.25) is 0 Å². The molecule has 1 aromatic carbocycles. The molecule has 2 rings (SSSR count). The van der Waals surface area contributed by atoms with E-state index in [1.807, 2.05) is 0 Å². The molecular weight excluding hydrogens is 196 g/mol. The van der Waals surface area contributed by atoms with Crippen LogP contribution >= 0.6 is 0 Å². The van der Waals surface area contributed by atoms with Crippen LogP contribution in [0.25, 0.3) is 0 Å². The van der Waals surface area contributed by atoms with Crippen LogP contribution in [0.15, 0.2) is 24.3 Å². The molecule has 0 fully saturated rings. The second-order valence-corrected chi connectivity index (χ2v) is 3.28. The fourth-order valence-corrected chi connectivity index (χ4v) is 1.67. The molecule has 15 heavy (non-hydrogen) atoms. The second-order valence-electron chi connectivity index (χ2n) is 3.28. The van der Waals surface area contributed by atoms with Crippen molar-refractivity contribution in [2.24, 2.45) is 0 Å². The molecule has 4 nitrogen and oxygen atoms in total. The second kappa shape index (κ2) is 3.90. The maximum atomic E-state index is 11.6. The minimum atomic E-state index is -1.14. The maximum Gasteiger partial charge on any atom is 0.319 e. The van der Waals surface area contributed by atoms with Crippen LogP contribution in [-0.4, -0.2) is 24.0 Å². The van der Waals surface area contributed by atoms with Gasteiger partial charge in [-0.25, -0.2) is 0 Å². The van der Waals surface area contributed by atoms with Crippen molar-refractivity contribution in [2.75, 3.05) is 6.61 Å². The van der Waals surface area contributed by atoms with E-state index >= 15 is 0 Å². The summed E-state index contributed by atoms with van der Waals surface area (Å²) in [6, 6.07) is 7.07. The minimum Gasteiger partial charge on any atom is -0.465 e. The summed E-state index contributed by atoms with van der Waals surface area (Å²) < 4.78 is 10.0. The number of fused-ring (bicyclic) bond motifs is 1. The smallest absolute Gasteiger partial charge is 0.319 e. The lowest BCUT2D eigenvalue weighted by atomic mass is 10.0. The molecule has 0 spiro atoms. The Morgan fingerprint density at radius 2 is 2.27 bits per heavy atom. The van der Waals surface area contributed by atoms with Gasteiger partial charge in [0.05, 0.1) is 6.61 Å². The summed E-state index contributed by atoms with van der Waals surface area (Å²) in [5.41, 5.74) is 0.684. The first kappa shape index (κ1) is 9.98. The SMILES string of the molecule is CCOC(=O)C1c2ccccc2OC1O. The Kier molecular flexibility index (Phi) is 2.60. The van der Waals surface area contributed by atoms with E-state index in [0.29, 0.717) is 17.9 Å². The number of ether oxygens (including phenoxy) is 2. The molecule has 0 saturated heterocycles. The van der Waals surface area contributed by atoms with Gasteiger partial charge < -0.3 is 14.6 Å². The summed E-state index contributed by atoms with van der Waals surface area (Å²) in [6.07, 6.45) is -1.14. The lowest BCUT2D eigenvalue weighted by molar-refractivity contribution is -0.151. The summed E-state index contributed by atoms with van der Waals surface area (Å²) in [6.45, 7) is 2.02. The largest absolute Gasteiger partial charge is 0.465 e. The minimum absolute atomic E-state index is 0.296. The van der Waals surface area contributed by atoms with Crippen molar-refractivity contribution < 1.29 is 19.4 Å². The van der Waals surface area contributed by atoms with Crippen molar-refractivity contribution in [2.45, 2.75) is 19.1 Å². The van der Waals surface area contributed by atoms with Gasteiger partial charge in [-0.1, -0.05) is 18.2 Å². The zero-order valence-corrected chi connectivity index (χ0v) is 8.34. The summed E-state index contributed by atoms with van der Waals surface area (Å²) >= 11 is 0. The number of benzene rings is 1. The highest BCUT2D eigenvalue weighted by Gasteiger charge is 2.39. The lowest BCUT2D eigenvalue weighted by Crippen LogP contribution is -2.26. The number of esters is 1. The molecule has 4 heteroatoms. The molecule has 0 radical (unpaired) electrons. The highest BCUT2D eigenvalue weighted by molar-refractivity contribution is 5.80. The fraction of sp³-hybridized carbons (Fsp3) is 0.364. The van der Waals surface area contributed by atoms with Crippen LogP contribution in [0, 0.1) is 0 Å². The van der Waals surface area contributed by atoms with E-state index in [1.165, 1.54) is 0 Å². The number of aliphatic hydroxyl groups is 1. The normalized spacial score (nSPS) is 23.1. The summed E-state index contributed by atoms with van der Waals surface area (Å²) in [5, 5.41) is 9.58. The first-order valence-electron chi connectivity index (χ1n) is 4.84. The standard InChI is InChI=1S/C11H12O4/c1-2-14-10(12)9-7-5-3-4-6-8(7)15-11(9)13/h3-6,9,11,13H,2H2,1H3. The number of aliphatic hydroxyl groups excluding tert-OH is 1. The van der Waals surface area contributed by atoms with Crippen LogP contribution < -0.4 is 4.74 Å². The van der Waals surface area contributed by atoms with E-state index < -0.39 is 18.2 Å². The molecule has 0 amide bonds. The number of hydrogen-bond donors (Lipinski definition) is 1. The number of carbonyl (C=O) groups excluding carboxylic acids is 1. The molecular formula is C11H12O4. The zero-order chi connectivity index (χ0) is 10.8. The molecule has 0 bridgehead atoms. The molecule has 1 aliphatic rings. The van der Waals surface area contributed by atoms with E-state index in [1.54, 1.807) is 31.2 Å². The van der Waals surface area contributed by atoms with E-state index in [4.69, 9.17) is 9.47 Å². The molecule has 80 valence electrons. The van der Waals surface area contributed by atoms with Gasteiger partial charge in [-0.05, 0) is 13.0 Å². The van der Waals surface area contributed by atoms with Crippen molar-refractivity contribution in [1.29, 1.82) is 0 Å². The lowest BCUT2D eigenvalue weighted by Gasteiger charge is -2.11. The van der Waals surface area contributed by atoms with Crippen LogP contribution in [0.5, 0.6) is 5.75 Å². The summed E-state index contributed by atoms with van der Waals surface area (Å²) in [5.74, 6) is -0.626. The summed E-state index contributed by atoms with van der Waals surface area (Å²) in [7, 11) is 0. The van der Waals surface area contributed by atoms with E-state index in [0.717, 1.165) is 0 Å². The molecule has 1 heterocycles. The van der Waals surface area contributed by atoms with Gasteiger partial charge in [-0.15, -0.1) is 0 Å². The van der Waals surface area contributed by atoms with Gasteiger partial charge in [-0.3, -0.25) is 4.79 Å². The molecule has 0 aromatic heterocycles. The van der Waals surface area contributed by atoms with Gasteiger partial charge in [0.1, 0.15) is 11.7 Å². The molecule has 0 aliphatic carbocycles. The molecule has 1 aliphatic heterocycles. The van der Waals surface area contributed by atoms with Crippen molar-refractivity contribution in [3.63, 3.8) is 0 Å². The predicted octanol–water partition coefficient (Wildman–Crippen LogP) is 1.04. The van der Waals surface area contributed by atoms with Crippen molar-refractivity contribution in [1.82, 2.24) is 0 Å². The quantitative estimate of drug-likeness (QED) is 0.738. The Labute approximate surface area is 87.4 Å². The number of hydrogen-bond acceptors (Lipinski definition) is 4. The third kappa shape index (κ3) is 1.68. The molecule has 1 aromatic rings. The Bertz CT molecular complexity index is 375.